The lowest BCUT2D eigenvalue weighted by molar-refractivity contribution is -0.111. The van der Waals surface area contributed by atoms with Crippen LogP contribution in [0.1, 0.15) is 10.4 Å². The van der Waals surface area contributed by atoms with Gasteiger partial charge in [-0.3, -0.25) is 4.79 Å². The van der Waals surface area contributed by atoms with Crippen LogP contribution in [-0.4, -0.2) is 19.0 Å². The molecule has 0 heterocycles. The van der Waals surface area contributed by atoms with E-state index in [9.17, 15) is 9.59 Å². The molecule has 0 aromatic heterocycles. The summed E-state index contributed by atoms with van der Waals surface area (Å²) in [6, 6.07) is 14.9. The third-order valence-corrected chi connectivity index (χ3v) is 2.98. The highest BCUT2D eigenvalue weighted by Gasteiger charge is 2.14. The second-order valence-electron chi connectivity index (χ2n) is 4.31. The topological polar surface area (TPSA) is 55.4 Å². The van der Waals surface area contributed by atoms with Crippen molar-refractivity contribution in [3.05, 3.63) is 66.7 Å². The van der Waals surface area contributed by atoms with Crippen molar-refractivity contribution in [3.8, 4) is 11.1 Å². The number of hydrogen-bond acceptors (Lipinski definition) is 3. The molecule has 0 radical (unpaired) electrons. The van der Waals surface area contributed by atoms with Crippen molar-refractivity contribution in [2.45, 2.75) is 0 Å². The van der Waals surface area contributed by atoms with E-state index in [1.807, 2.05) is 36.4 Å². The van der Waals surface area contributed by atoms with E-state index in [2.05, 4.69) is 11.9 Å². The minimum absolute atomic E-state index is 0.299. The molecule has 1 amide bonds. The van der Waals surface area contributed by atoms with Gasteiger partial charge in [-0.1, -0.05) is 43.0 Å². The second-order valence-corrected chi connectivity index (χ2v) is 4.31. The quantitative estimate of drug-likeness (QED) is 0.691. The molecule has 0 bridgehead atoms. The summed E-state index contributed by atoms with van der Waals surface area (Å²) in [5.74, 6) is -0.890. The molecule has 0 aliphatic carbocycles. The Kier molecular flexibility index (Phi) is 4.51. The fourth-order valence-electron chi connectivity index (χ4n) is 1.93. The van der Waals surface area contributed by atoms with E-state index >= 15 is 0 Å². The van der Waals surface area contributed by atoms with Crippen LogP contribution in [-0.2, 0) is 9.53 Å². The minimum atomic E-state index is -0.506. The lowest BCUT2D eigenvalue weighted by Crippen LogP contribution is -2.12. The monoisotopic (exact) mass is 281 g/mol. The van der Waals surface area contributed by atoms with Gasteiger partial charge in [0.1, 0.15) is 0 Å². The summed E-state index contributed by atoms with van der Waals surface area (Å²) in [5, 5.41) is 2.63. The Morgan fingerprint density at radius 3 is 2.43 bits per heavy atom. The predicted molar refractivity (Wildman–Crippen MR) is 82.0 cm³/mol. The van der Waals surface area contributed by atoms with Crippen LogP contribution in [0.4, 0.5) is 5.69 Å². The van der Waals surface area contributed by atoms with Gasteiger partial charge in [0.2, 0.25) is 5.91 Å². The molecule has 0 fully saturated rings. The average molecular weight is 281 g/mol. The van der Waals surface area contributed by atoms with Crippen LogP contribution in [0.15, 0.2) is 61.2 Å². The molecule has 0 saturated carbocycles. The summed E-state index contributed by atoms with van der Waals surface area (Å²) in [4.78, 5) is 23.3. The third-order valence-electron chi connectivity index (χ3n) is 2.98. The normalized spacial score (nSPS) is 9.76. The Bertz CT molecular complexity index is 678. The summed E-state index contributed by atoms with van der Waals surface area (Å²) in [6.07, 6.45) is 1.15. The molecule has 4 nitrogen and oxygen atoms in total. The Balaban J connectivity index is 2.48. The molecule has 2 rings (SSSR count). The standard InChI is InChI=1S/C17H15NO3/c1-3-16(19)18-15-11-13(12-7-5-4-6-8-12)9-10-14(15)17(20)21-2/h3-11H,1H2,2H3,(H,18,19). The van der Waals surface area contributed by atoms with Crippen molar-refractivity contribution < 1.29 is 14.3 Å². The number of rotatable bonds is 4. The van der Waals surface area contributed by atoms with Crippen molar-refractivity contribution in [3.63, 3.8) is 0 Å². The van der Waals surface area contributed by atoms with E-state index < -0.39 is 5.97 Å². The van der Waals surface area contributed by atoms with E-state index in [1.54, 1.807) is 12.1 Å². The van der Waals surface area contributed by atoms with Crippen LogP contribution >= 0.6 is 0 Å². The van der Waals surface area contributed by atoms with E-state index in [-0.39, 0.29) is 5.91 Å². The molecule has 1 N–H and O–H groups in total. The Morgan fingerprint density at radius 1 is 1.10 bits per heavy atom. The first-order valence-corrected chi connectivity index (χ1v) is 6.37. The molecule has 2 aromatic rings. The highest BCUT2D eigenvalue weighted by Crippen LogP contribution is 2.26. The second kappa shape index (κ2) is 6.52. The zero-order valence-electron chi connectivity index (χ0n) is 11.6. The number of benzene rings is 2. The van der Waals surface area contributed by atoms with Crippen LogP contribution in [0.5, 0.6) is 0 Å². The molecule has 2 aromatic carbocycles. The highest BCUT2D eigenvalue weighted by molar-refractivity contribution is 6.05. The summed E-state index contributed by atoms with van der Waals surface area (Å²) < 4.78 is 4.72. The first-order valence-electron chi connectivity index (χ1n) is 6.37. The molecule has 0 aliphatic heterocycles. The Morgan fingerprint density at radius 2 is 1.81 bits per heavy atom. The van der Waals surface area contributed by atoms with Crippen LogP contribution < -0.4 is 5.32 Å². The van der Waals surface area contributed by atoms with Crippen molar-refractivity contribution in [1.82, 2.24) is 0 Å². The van der Waals surface area contributed by atoms with Gasteiger partial charge in [0.05, 0.1) is 18.4 Å². The van der Waals surface area contributed by atoms with Crippen LogP contribution in [0.25, 0.3) is 11.1 Å². The van der Waals surface area contributed by atoms with Gasteiger partial charge >= 0.3 is 5.97 Å². The first-order chi connectivity index (χ1) is 10.2. The predicted octanol–water partition coefficient (Wildman–Crippen LogP) is 3.26. The number of methoxy groups -OCH3 is 1. The molecule has 0 aliphatic rings. The van der Waals surface area contributed by atoms with E-state index in [0.29, 0.717) is 11.3 Å². The van der Waals surface area contributed by atoms with Crippen molar-refractivity contribution in [2.24, 2.45) is 0 Å². The van der Waals surface area contributed by atoms with Gasteiger partial charge in [-0.2, -0.15) is 0 Å². The van der Waals surface area contributed by atoms with Crippen molar-refractivity contribution in [2.75, 3.05) is 12.4 Å². The number of carbonyl (C=O) groups excluding carboxylic acids is 2. The molecule has 0 saturated heterocycles. The summed E-state index contributed by atoms with van der Waals surface area (Å²) in [5.41, 5.74) is 2.58. The fraction of sp³-hybridized carbons (Fsp3) is 0.0588. The maximum Gasteiger partial charge on any atom is 0.339 e. The zero-order valence-corrected chi connectivity index (χ0v) is 11.6. The maximum absolute atomic E-state index is 11.8. The van der Waals surface area contributed by atoms with Gasteiger partial charge in [-0.05, 0) is 29.3 Å². The molecular formula is C17H15NO3. The first kappa shape index (κ1) is 14.5. The Hall–Kier alpha value is -2.88. The van der Waals surface area contributed by atoms with Gasteiger partial charge in [0.25, 0.3) is 0 Å². The summed E-state index contributed by atoms with van der Waals surface area (Å²) in [6.45, 7) is 3.40. The lowest BCUT2D eigenvalue weighted by Gasteiger charge is -2.11. The van der Waals surface area contributed by atoms with Gasteiger partial charge in [-0.15, -0.1) is 0 Å². The number of esters is 1. The molecule has 0 atom stereocenters. The number of anilines is 1. The number of ether oxygens (including phenoxy) is 1. The zero-order chi connectivity index (χ0) is 15.2. The highest BCUT2D eigenvalue weighted by atomic mass is 16.5. The molecule has 0 unspecified atom stereocenters. The molecular weight excluding hydrogens is 266 g/mol. The summed E-state index contributed by atoms with van der Waals surface area (Å²) >= 11 is 0. The fourth-order valence-corrected chi connectivity index (χ4v) is 1.93. The molecule has 0 spiro atoms. The maximum atomic E-state index is 11.8. The van der Waals surface area contributed by atoms with E-state index in [1.165, 1.54) is 7.11 Å². The minimum Gasteiger partial charge on any atom is -0.465 e. The average Bonchev–Trinajstić information content (AvgIpc) is 2.54. The number of hydrogen-bond donors (Lipinski definition) is 1. The van der Waals surface area contributed by atoms with Gasteiger partial charge in [0, 0.05) is 0 Å². The lowest BCUT2D eigenvalue weighted by atomic mass is 10.0. The van der Waals surface area contributed by atoms with Crippen molar-refractivity contribution >= 4 is 17.6 Å². The number of amides is 1. The molecule has 106 valence electrons. The third kappa shape index (κ3) is 3.36. The number of carbonyl (C=O) groups is 2. The van der Waals surface area contributed by atoms with E-state index in [4.69, 9.17) is 4.74 Å². The SMILES string of the molecule is C=CC(=O)Nc1cc(-c2ccccc2)ccc1C(=O)OC. The van der Waals surface area contributed by atoms with Crippen LogP contribution in [0.3, 0.4) is 0 Å². The largest absolute Gasteiger partial charge is 0.465 e. The van der Waals surface area contributed by atoms with Gasteiger partial charge in [0.15, 0.2) is 0 Å². The Labute approximate surface area is 123 Å². The van der Waals surface area contributed by atoms with Crippen molar-refractivity contribution in [1.29, 1.82) is 0 Å². The van der Waals surface area contributed by atoms with E-state index in [0.717, 1.165) is 17.2 Å². The molecule has 21 heavy (non-hydrogen) atoms. The van der Waals surface area contributed by atoms with Crippen LogP contribution in [0.2, 0.25) is 0 Å². The number of nitrogens with one attached hydrogen (secondary N) is 1. The van der Waals surface area contributed by atoms with Gasteiger partial charge in [-0.25, -0.2) is 4.79 Å². The van der Waals surface area contributed by atoms with Gasteiger partial charge < -0.3 is 10.1 Å². The van der Waals surface area contributed by atoms with Crippen LogP contribution in [0, 0.1) is 0 Å². The summed E-state index contributed by atoms with van der Waals surface area (Å²) in [7, 11) is 1.30. The molecule has 4 heteroatoms. The smallest absolute Gasteiger partial charge is 0.339 e.